The SMILES string of the molecule is CC(C)CS(=O)(=O)CCC(=O)NCCc1ccc(N)cc1.Cl. The summed E-state index contributed by atoms with van der Waals surface area (Å²) < 4.78 is 23.4. The Morgan fingerprint density at radius 2 is 1.82 bits per heavy atom. The summed E-state index contributed by atoms with van der Waals surface area (Å²) in [6.07, 6.45) is 0.724. The van der Waals surface area contributed by atoms with E-state index in [1.807, 2.05) is 38.1 Å². The van der Waals surface area contributed by atoms with Crippen LogP contribution in [0.25, 0.3) is 0 Å². The Morgan fingerprint density at radius 1 is 1.23 bits per heavy atom. The maximum Gasteiger partial charge on any atom is 0.221 e. The molecular formula is C15H25ClN2O3S. The molecule has 0 unspecified atom stereocenters. The van der Waals surface area contributed by atoms with Crippen LogP contribution in [0.3, 0.4) is 0 Å². The summed E-state index contributed by atoms with van der Waals surface area (Å²) >= 11 is 0. The minimum absolute atomic E-state index is 0. The van der Waals surface area contributed by atoms with E-state index >= 15 is 0 Å². The summed E-state index contributed by atoms with van der Waals surface area (Å²) in [7, 11) is -3.13. The molecule has 7 heteroatoms. The van der Waals surface area contributed by atoms with Crippen LogP contribution < -0.4 is 11.1 Å². The van der Waals surface area contributed by atoms with Crippen molar-refractivity contribution >= 4 is 33.8 Å². The molecule has 0 bridgehead atoms. The van der Waals surface area contributed by atoms with Gasteiger partial charge in [0.15, 0.2) is 9.84 Å². The molecule has 1 amide bonds. The molecule has 0 saturated heterocycles. The molecule has 0 fully saturated rings. The molecule has 0 atom stereocenters. The third-order valence-corrected chi connectivity index (χ3v) is 4.94. The Labute approximate surface area is 139 Å². The molecule has 0 saturated carbocycles. The van der Waals surface area contributed by atoms with Crippen LogP contribution in [0.1, 0.15) is 25.8 Å². The van der Waals surface area contributed by atoms with E-state index in [0.717, 1.165) is 5.56 Å². The first-order valence-electron chi connectivity index (χ1n) is 7.10. The number of amides is 1. The second-order valence-electron chi connectivity index (χ2n) is 5.60. The predicted molar refractivity (Wildman–Crippen MR) is 92.9 cm³/mol. The first kappa shape index (κ1) is 20.7. The number of benzene rings is 1. The lowest BCUT2D eigenvalue weighted by atomic mass is 10.1. The lowest BCUT2D eigenvalue weighted by Crippen LogP contribution is -2.28. The standard InChI is InChI=1S/C15H24N2O3S.ClH/c1-12(2)11-21(19,20)10-8-15(18)17-9-7-13-3-5-14(16)6-4-13;/h3-6,12H,7-11,16H2,1-2H3,(H,17,18);1H. The van der Waals surface area contributed by atoms with Gasteiger partial charge in [-0.1, -0.05) is 26.0 Å². The zero-order valence-electron chi connectivity index (χ0n) is 13.0. The fraction of sp³-hybridized carbons (Fsp3) is 0.533. The number of nitrogen functional groups attached to an aromatic ring is 1. The third kappa shape index (κ3) is 8.89. The van der Waals surface area contributed by atoms with E-state index in [2.05, 4.69) is 5.32 Å². The highest BCUT2D eigenvalue weighted by Crippen LogP contribution is 2.05. The van der Waals surface area contributed by atoms with Crippen LogP contribution in [0.5, 0.6) is 0 Å². The number of carbonyl (C=O) groups excluding carboxylic acids is 1. The van der Waals surface area contributed by atoms with Crippen LogP contribution >= 0.6 is 12.4 Å². The highest BCUT2D eigenvalue weighted by molar-refractivity contribution is 7.91. The van der Waals surface area contributed by atoms with Crippen LogP contribution in [0.15, 0.2) is 24.3 Å². The normalized spacial score (nSPS) is 11.0. The number of carbonyl (C=O) groups is 1. The summed E-state index contributed by atoms with van der Waals surface area (Å²) in [6.45, 7) is 4.20. The molecule has 0 aliphatic rings. The fourth-order valence-corrected chi connectivity index (χ4v) is 3.64. The van der Waals surface area contributed by atoms with Gasteiger partial charge < -0.3 is 11.1 Å². The molecule has 5 nitrogen and oxygen atoms in total. The van der Waals surface area contributed by atoms with Crippen molar-refractivity contribution in [2.75, 3.05) is 23.8 Å². The van der Waals surface area contributed by atoms with Crippen LogP contribution in [-0.2, 0) is 21.1 Å². The maximum absolute atomic E-state index is 11.7. The number of hydrogen-bond acceptors (Lipinski definition) is 4. The number of anilines is 1. The van der Waals surface area contributed by atoms with Gasteiger partial charge in [-0.15, -0.1) is 12.4 Å². The highest BCUT2D eigenvalue weighted by Gasteiger charge is 2.15. The van der Waals surface area contributed by atoms with E-state index in [1.165, 1.54) is 0 Å². The van der Waals surface area contributed by atoms with Gasteiger partial charge in [0, 0.05) is 18.7 Å². The minimum Gasteiger partial charge on any atom is -0.399 e. The zero-order valence-corrected chi connectivity index (χ0v) is 14.7. The molecule has 3 N–H and O–H groups in total. The second kappa shape index (κ2) is 9.69. The largest absolute Gasteiger partial charge is 0.399 e. The molecule has 1 aromatic carbocycles. The van der Waals surface area contributed by atoms with Crippen molar-refractivity contribution in [1.82, 2.24) is 5.32 Å². The lowest BCUT2D eigenvalue weighted by molar-refractivity contribution is -0.120. The van der Waals surface area contributed by atoms with Gasteiger partial charge in [-0.2, -0.15) is 0 Å². The summed E-state index contributed by atoms with van der Waals surface area (Å²) in [6, 6.07) is 7.45. The molecule has 1 rings (SSSR count). The predicted octanol–water partition coefficient (Wildman–Crippen LogP) is 1.81. The van der Waals surface area contributed by atoms with Crippen molar-refractivity contribution in [3.63, 3.8) is 0 Å². The van der Waals surface area contributed by atoms with E-state index in [0.29, 0.717) is 18.7 Å². The van der Waals surface area contributed by atoms with Crippen LogP contribution in [0.2, 0.25) is 0 Å². The Morgan fingerprint density at radius 3 is 2.36 bits per heavy atom. The second-order valence-corrected chi connectivity index (χ2v) is 7.83. The van der Waals surface area contributed by atoms with Gasteiger partial charge in [-0.05, 0) is 30.0 Å². The molecule has 22 heavy (non-hydrogen) atoms. The van der Waals surface area contributed by atoms with Crippen molar-refractivity contribution in [2.24, 2.45) is 5.92 Å². The number of rotatable bonds is 8. The Bertz CT molecular complexity index is 557. The van der Waals surface area contributed by atoms with Crippen LogP contribution in [0, 0.1) is 5.92 Å². The van der Waals surface area contributed by atoms with E-state index in [1.54, 1.807) is 0 Å². The number of hydrogen-bond donors (Lipinski definition) is 2. The van der Waals surface area contributed by atoms with E-state index in [4.69, 9.17) is 5.73 Å². The Balaban J connectivity index is 0.00000441. The number of nitrogens with one attached hydrogen (secondary N) is 1. The Hall–Kier alpha value is -1.27. The molecule has 0 aromatic heterocycles. The van der Waals surface area contributed by atoms with Crippen molar-refractivity contribution in [3.8, 4) is 0 Å². The quantitative estimate of drug-likeness (QED) is 0.701. The van der Waals surface area contributed by atoms with Gasteiger partial charge >= 0.3 is 0 Å². The van der Waals surface area contributed by atoms with Gasteiger partial charge in [-0.25, -0.2) is 8.42 Å². The van der Waals surface area contributed by atoms with E-state index < -0.39 is 9.84 Å². The van der Waals surface area contributed by atoms with Crippen molar-refractivity contribution in [2.45, 2.75) is 26.7 Å². The van der Waals surface area contributed by atoms with E-state index in [9.17, 15) is 13.2 Å². The highest BCUT2D eigenvalue weighted by atomic mass is 35.5. The third-order valence-electron chi connectivity index (χ3n) is 2.94. The van der Waals surface area contributed by atoms with Gasteiger partial charge in [0.1, 0.15) is 0 Å². The molecule has 0 spiro atoms. The molecule has 0 aliphatic carbocycles. The summed E-state index contributed by atoms with van der Waals surface area (Å²) in [5.74, 6) is -0.0914. The number of halogens is 1. The van der Waals surface area contributed by atoms with Crippen LogP contribution in [0.4, 0.5) is 5.69 Å². The number of sulfone groups is 1. The smallest absolute Gasteiger partial charge is 0.221 e. The molecule has 1 aromatic rings. The van der Waals surface area contributed by atoms with Crippen molar-refractivity contribution in [1.29, 1.82) is 0 Å². The van der Waals surface area contributed by atoms with Crippen molar-refractivity contribution in [3.05, 3.63) is 29.8 Å². The van der Waals surface area contributed by atoms with Gasteiger partial charge in [0.05, 0.1) is 11.5 Å². The number of nitrogens with two attached hydrogens (primary N) is 1. The van der Waals surface area contributed by atoms with E-state index in [-0.39, 0.29) is 42.2 Å². The van der Waals surface area contributed by atoms with Gasteiger partial charge in [-0.3, -0.25) is 4.79 Å². The average Bonchev–Trinajstić information content (AvgIpc) is 2.37. The lowest BCUT2D eigenvalue weighted by Gasteiger charge is -2.08. The minimum atomic E-state index is -3.13. The molecule has 126 valence electrons. The zero-order chi connectivity index (χ0) is 15.9. The topological polar surface area (TPSA) is 89.3 Å². The average molecular weight is 349 g/mol. The van der Waals surface area contributed by atoms with Crippen LogP contribution in [-0.4, -0.2) is 32.4 Å². The van der Waals surface area contributed by atoms with Gasteiger partial charge in [0.2, 0.25) is 5.91 Å². The fourth-order valence-electron chi connectivity index (χ4n) is 1.96. The summed E-state index contributed by atoms with van der Waals surface area (Å²) in [5, 5.41) is 2.74. The first-order chi connectivity index (χ1) is 9.78. The Kier molecular flexibility index (Phi) is 9.13. The summed E-state index contributed by atoms with van der Waals surface area (Å²) in [5.41, 5.74) is 7.38. The molecule has 0 heterocycles. The maximum atomic E-state index is 11.7. The van der Waals surface area contributed by atoms with Crippen molar-refractivity contribution < 1.29 is 13.2 Å². The first-order valence-corrected chi connectivity index (χ1v) is 8.92. The molecule has 0 radical (unpaired) electrons. The monoisotopic (exact) mass is 348 g/mol. The molecular weight excluding hydrogens is 324 g/mol. The molecule has 0 aliphatic heterocycles. The van der Waals surface area contributed by atoms with Gasteiger partial charge in [0.25, 0.3) is 0 Å². The summed E-state index contributed by atoms with van der Waals surface area (Å²) in [4.78, 5) is 11.6.